The fraction of sp³-hybridized carbons (Fsp3) is 0.300. The number of amides is 3. The van der Waals surface area contributed by atoms with E-state index in [0.717, 1.165) is 25.1 Å². The minimum Gasteiger partial charge on any atom is -0.447 e. The summed E-state index contributed by atoms with van der Waals surface area (Å²) in [5.41, 5.74) is 3.92. The molecule has 0 bridgehead atoms. The molecule has 0 aromatic heterocycles. The quantitative estimate of drug-likeness (QED) is 0.899. The van der Waals surface area contributed by atoms with Gasteiger partial charge in [-0.15, -0.1) is 0 Å². The number of hydrogen-bond acceptors (Lipinski definition) is 3. The molecule has 2 aromatic rings. The lowest BCUT2D eigenvalue weighted by atomic mass is 10.0. The fourth-order valence-corrected chi connectivity index (χ4v) is 3.46. The molecule has 2 heterocycles. The molecule has 1 saturated heterocycles. The highest BCUT2D eigenvalue weighted by molar-refractivity contribution is 5.93. The number of urea groups is 1. The van der Waals surface area contributed by atoms with Gasteiger partial charge in [0.25, 0.3) is 0 Å². The topological polar surface area (TPSA) is 61.9 Å². The number of hydrogen-bond donors (Lipinski definition) is 1. The molecule has 0 saturated carbocycles. The van der Waals surface area contributed by atoms with Gasteiger partial charge in [0.05, 0.1) is 6.54 Å². The Balaban J connectivity index is 1.47. The van der Waals surface area contributed by atoms with E-state index in [4.69, 9.17) is 4.74 Å². The molecule has 134 valence electrons. The molecule has 0 atom stereocenters. The van der Waals surface area contributed by atoms with Crippen LogP contribution in [0.4, 0.5) is 21.0 Å². The second-order valence-electron chi connectivity index (χ2n) is 6.54. The molecule has 1 N–H and O–H groups in total. The number of anilines is 2. The third kappa shape index (κ3) is 3.35. The first-order valence-corrected chi connectivity index (χ1v) is 8.88. The SMILES string of the molecule is O=C(Nc1cccc(N2CCOC2=O)c1)N1CCCc2ccccc2C1. The first kappa shape index (κ1) is 16.4. The molecule has 2 aliphatic rings. The minimum absolute atomic E-state index is 0.122. The highest BCUT2D eigenvalue weighted by atomic mass is 16.6. The maximum absolute atomic E-state index is 12.7. The maximum atomic E-state index is 12.7. The van der Waals surface area contributed by atoms with Crippen LogP contribution >= 0.6 is 0 Å². The van der Waals surface area contributed by atoms with Crippen molar-refractivity contribution in [1.29, 1.82) is 0 Å². The van der Waals surface area contributed by atoms with Gasteiger partial charge in [-0.3, -0.25) is 4.90 Å². The number of aryl methyl sites for hydroxylation is 1. The van der Waals surface area contributed by atoms with E-state index in [-0.39, 0.29) is 12.1 Å². The van der Waals surface area contributed by atoms with Crippen molar-refractivity contribution < 1.29 is 14.3 Å². The van der Waals surface area contributed by atoms with Gasteiger partial charge in [0.2, 0.25) is 0 Å². The molecule has 0 aliphatic carbocycles. The van der Waals surface area contributed by atoms with Crippen molar-refractivity contribution >= 4 is 23.5 Å². The lowest BCUT2D eigenvalue weighted by molar-refractivity contribution is 0.181. The highest BCUT2D eigenvalue weighted by Crippen LogP contribution is 2.24. The molecule has 0 spiro atoms. The van der Waals surface area contributed by atoms with E-state index in [9.17, 15) is 9.59 Å². The van der Waals surface area contributed by atoms with Gasteiger partial charge < -0.3 is 15.0 Å². The Morgan fingerprint density at radius 1 is 1.04 bits per heavy atom. The Labute approximate surface area is 152 Å². The van der Waals surface area contributed by atoms with Crippen molar-refractivity contribution in [2.75, 3.05) is 29.9 Å². The molecule has 6 heteroatoms. The zero-order valence-corrected chi connectivity index (χ0v) is 14.5. The summed E-state index contributed by atoms with van der Waals surface area (Å²) in [4.78, 5) is 27.9. The zero-order valence-electron chi connectivity index (χ0n) is 14.5. The lowest BCUT2D eigenvalue weighted by Crippen LogP contribution is -2.34. The Bertz CT molecular complexity index is 837. The van der Waals surface area contributed by atoms with Crippen LogP contribution in [0, 0.1) is 0 Å². The molecule has 0 radical (unpaired) electrons. The number of nitrogens with zero attached hydrogens (tertiary/aromatic N) is 2. The van der Waals surface area contributed by atoms with Gasteiger partial charge in [0.1, 0.15) is 6.61 Å². The Morgan fingerprint density at radius 2 is 1.88 bits per heavy atom. The average molecular weight is 351 g/mol. The lowest BCUT2D eigenvalue weighted by Gasteiger charge is -2.22. The summed E-state index contributed by atoms with van der Waals surface area (Å²) in [6, 6.07) is 15.4. The third-order valence-electron chi connectivity index (χ3n) is 4.81. The van der Waals surface area contributed by atoms with Gasteiger partial charge >= 0.3 is 12.1 Å². The van der Waals surface area contributed by atoms with E-state index in [1.165, 1.54) is 11.1 Å². The van der Waals surface area contributed by atoms with Gasteiger partial charge in [-0.2, -0.15) is 0 Å². The van der Waals surface area contributed by atoms with Crippen LogP contribution in [0.2, 0.25) is 0 Å². The van der Waals surface area contributed by atoms with Crippen molar-refractivity contribution in [3.63, 3.8) is 0 Å². The number of fused-ring (bicyclic) bond motifs is 1. The van der Waals surface area contributed by atoms with Gasteiger partial charge in [-0.05, 0) is 42.2 Å². The van der Waals surface area contributed by atoms with Gasteiger partial charge in [0, 0.05) is 24.5 Å². The van der Waals surface area contributed by atoms with E-state index >= 15 is 0 Å². The molecule has 2 aliphatic heterocycles. The monoisotopic (exact) mass is 351 g/mol. The summed E-state index contributed by atoms with van der Waals surface area (Å²) in [6.45, 7) is 2.25. The number of nitrogens with one attached hydrogen (secondary N) is 1. The number of carbonyl (C=O) groups is 2. The summed E-state index contributed by atoms with van der Waals surface area (Å²) < 4.78 is 4.97. The van der Waals surface area contributed by atoms with E-state index in [1.54, 1.807) is 11.0 Å². The molecular weight excluding hydrogens is 330 g/mol. The van der Waals surface area contributed by atoms with Crippen molar-refractivity contribution in [2.24, 2.45) is 0 Å². The van der Waals surface area contributed by atoms with Crippen LogP contribution < -0.4 is 10.2 Å². The first-order chi connectivity index (χ1) is 12.7. The molecule has 26 heavy (non-hydrogen) atoms. The second kappa shape index (κ2) is 7.07. The van der Waals surface area contributed by atoms with E-state index in [0.29, 0.717) is 25.4 Å². The maximum Gasteiger partial charge on any atom is 0.414 e. The predicted octanol–water partition coefficient (Wildman–Crippen LogP) is 3.62. The number of benzene rings is 2. The molecule has 2 aromatic carbocycles. The highest BCUT2D eigenvalue weighted by Gasteiger charge is 2.24. The fourth-order valence-electron chi connectivity index (χ4n) is 3.46. The van der Waals surface area contributed by atoms with Crippen molar-refractivity contribution in [3.8, 4) is 0 Å². The largest absolute Gasteiger partial charge is 0.447 e. The Hall–Kier alpha value is -3.02. The van der Waals surface area contributed by atoms with Crippen LogP contribution in [0.15, 0.2) is 48.5 Å². The number of cyclic esters (lactones) is 1. The van der Waals surface area contributed by atoms with Crippen LogP contribution in [0.1, 0.15) is 17.5 Å². The Kier molecular flexibility index (Phi) is 4.48. The van der Waals surface area contributed by atoms with Gasteiger partial charge in [-0.25, -0.2) is 9.59 Å². The number of carbonyl (C=O) groups excluding carboxylic acids is 2. The summed E-state index contributed by atoms with van der Waals surface area (Å²) >= 11 is 0. The van der Waals surface area contributed by atoms with Crippen LogP contribution in [0.5, 0.6) is 0 Å². The third-order valence-corrected chi connectivity index (χ3v) is 4.81. The predicted molar refractivity (Wildman–Crippen MR) is 99.3 cm³/mol. The molecule has 3 amide bonds. The molecule has 0 unspecified atom stereocenters. The molecule has 4 rings (SSSR count). The zero-order chi connectivity index (χ0) is 17.9. The molecule has 1 fully saturated rings. The van der Waals surface area contributed by atoms with Crippen molar-refractivity contribution in [1.82, 2.24) is 4.90 Å². The van der Waals surface area contributed by atoms with Gasteiger partial charge in [-0.1, -0.05) is 30.3 Å². The average Bonchev–Trinajstić information content (AvgIpc) is 2.96. The van der Waals surface area contributed by atoms with Crippen molar-refractivity contribution in [2.45, 2.75) is 19.4 Å². The molecule has 6 nitrogen and oxygen atoms in total. The summed E-state index contributed by atoms with van der Waals surface area (Å²) in [5.74, 6) is 0. The normalized spacial score (nSPS) is 16.7. The Morgan fingerprint density at radius 3 is 2.69 bits per heavy atom. The first-order valence-electron chi connectivity index (χ1n) is 8.88. The standard InChI is InChI=1S/C20H21N3O3/c24-19(22-10-4-7-15-5-1-2-6-16(15)14-22)21-17-8-3-9-18(13-17)23-11-12-26-20(23)25/h1-3,5-6,8-9,13H,4,7,10-12,14H2,(H,21,24). The van der Waals surface area contributed by atoms with Crippen LogP contribution in [-0.4, -0.2) is 36.7 Å². The number of rotatable bonds is 2. The van der Waals surface area contributed by atoms with Crippen LogP contribution in [0.3, 0.4) is 0 Å². The summed E-state index contributed by atoms with van der Waals surface area (Å²) in [6.07, 6.45) is 1.59. The van der Waals surface area contributed by atoms with Crippen LogP contribution in [0.25, 0.3) is 0 Å². The minimum atomic E-state index is -0.349. The van der Waals surface area contributed by atoms with E-state index < -0.39 is 0 Å². The summed E-state index contributed by atoms with van der Waals surface area (Å²) in [5, 5.41) is 2.96. The smallest absolute Gasteiger partial charge is 0.414 e. The number of ether oxygens (including phenoxy) is 1. The second-order valence-corrected chi connectivity index (χ2v) is 6.54. The van der Waals surface area contributed by atoms with Crippen molar-refractivity contribution in [3.05, 3.63) is 59.7 Å². The van der Waals surface area contributed by atoms with E-state index in [2.05, 4.69) is 17.4 Å². The van der Waals surface area contributed by atoms with Crippen LogP contribution in [-0.2, 0) is 17.7 Å². The summed E-state index contributed by atoms with van der Waals surface area (Å²) in [7, 11) is 0. The van der Waals surface area contributed by atoms with Gasteiger partial charge in [0.15, 0.2) is 0 Å². The van der Waals surface area contributed by atoms with E-state index in [1.807, 2.05) is 35.2 Å². The molecular formula is C20H21N3O3.